The maximum Gasteiger partial charge on any atom is 0.168 e. The molecule has 62 valence electrons. The van der Waals surface area contributed by atoms with E-state index in [1.165, 1.54) is 0 Å². The third kappa shape index (κ3) is 1.01. The summed E-state index contributed by atoms with van der Waals surface area (Å²) < 4.78 is 2.62. The van der Waals surface area contributed by atoms with Crippen LogP contribution < -0.4 is 5.73 Å². The molecule has 1 unspecified atom stereocenters. The zero-order valence-electron chi connectivity index (χ0n) is 6.03. The lowest BCUT2D eigenvalue weighted by molar-refractivity contribution is 1.04. The van der Waals surface area contributed by atoms with Gasteiger partial charge < -0.3 is 5.73 Å². The predicted octanol–water partition coefficient (Wildman–Crippen LogP) is 1.41. The largest absolute Gasteiger partial charge is 0.385 e. The molecule has 0 fully saturated rings. The molecule has 1 atom stereocenters. The van der Waals surface area contributed by atoms with E-state index < -0.39 is 0 Å². The molecule has 0 radical (unpaired) electrons. The Morgan fingerprint density at radius 3 is 3.00 bits per heavy atom. The Morgan fingerprint density at radius 1 is 1.58 bits per heavy atom. The quantitative estimate of drug-likeness (QED) is 0.714. The highest BCUT2D eigenvalue weighted by Crippen LogP contribution is 2.27. The van der Waals surface area contributed by atoms with Crippen LogP contribution in [-0.2, 0) is 0 Å². The van der Waals surface area contributed by atoms with Crippen LogP contribution in [0.4, 0.5) is 5.82 Å². The second kappa shape index (κ2) is 2.68. The summed E-state index contributed by atoms with van der Waals surface area (Å²) in [7, 11) is 2.48. The minimum Gasteiger partial charge on any atom is -0.385 e. The minimum absolute atomic E-state index is 0.649. The second-order valence-corrected chi connectivity index (χ2v) is 3.74. The van der Waals surface area contributed by atoms with Crippen molar-refractivity contribution in [1.29, 1.82) is 0 Å². The van der Waals surface area contributed by atoms with Crippen molar-refractivity contribution < 1.29 is 0 Å². The van der Waals surface area contributed by atoms with Crippen molar-refractivity contribution in [3.8, 4) is 0 Å². The Kier molecular flexibility index (Phi) is 1.77. The number of anilines is 1. The highest BCUT2D eigenvalue weighted by molar-refractivity contribution is 9.10. The molecule has 0 aliphatic carbocycles. The van der Waals surface area contributed by atoms with Crippen LogP contribution in [0.5, 0.6) is 0 Å². The molecule has 2 N–H and O–H groups in total. The molecule has 0 saturated carbocycles. The fourth-order valence-electron chi connectivity index (χ4n) is 1.02. The maximum atomic E-state index is 5.68. The van der Waals surface area contributed by atoms with Crippen LogP contribution in [-0.4, -0.2) is 14.5 Å². The Labute approximate surface area is 79.5 Å². The Balaban J connectivity index is 2.95. The van der Waals surface area contributed by atoms with Crippen molar-refractivity contribution in [2.45, 2.75) is 0 Å². The average Bonchev–Trinajstić information content (AvgIpc) is 2.32. The van der Waals surface area contributed by atoms with E-state index in [9.17, 15) is 0 Å². The third-order valence-electron chi connectivity index (χ3n) is 1.62. The summed E-state index contributed by atoms with van der Waals surface area (Å²) in [5.74, 6) is 0.649. The van der Waals surface area contributed by atoms with Crippen molar-refractivity contribution in [3.05, 3.63) is 16.7 Å². The van der Waals surface area contributed by atoms with Gasteiger partial charge in [0.1, 0.15) is 5.82 Å². The van der Waals surface area contributed by atoms with Gasteiger partial charge in [0, 0.05) is 9.86 Å². The number of halogens is 1. The maximum absolute atomic E-state index is 5.68. The Morgan fingerprint density at radius 2 is 2.33 bits per heavy atom. The molecular weight excluding hydrogens is 239 g/mol. The molecule has 0 bridgehead atoms. The second-order valence-electron chi connectivity index (χ2n) is 2.37. The van der Waals surface area contributed by atoms with Crippen LogP contribution >= 0.6 is 25.3 Å². The first kappa shape index (κ1) is 7.95. The number of nitrogen functional groups attached to an aromatic ring is 1. The number of aromatic nitrogens is 3. The molecule has 0 amide bonds. The molecular formula is C6H6BrN4P. The molecule has 2 rings (SSSR count). The van der Waals surface area contributed by atoms with Gasteiger partial charge in [-0.15, -0.1) is 5.10 Å². The summed E-state index contributed by atoms with van der Waals surface area (Å²) in [6, 6.07) is 1.85. The number of nitrogens with zero attached hydrogens (tertiary/aromatic N) is 3. The van der Waals surface area contributed by atoms with Gasteiger partial charge in [0.2, 0.25) is 0 Å². The summed E-state index contributed by atoms with van der Waals surface area (Å²) in [6.45, 7) is 0. The number of hydrogen-bond acceptors (Lipinski definition) is 3. The van der Waals surface area contributed by atoms with Crippen LogP contribution in [0, 0.1) is 0 Å². The molecule has 2 aromatic heterocycles. The van der Waals surface area contributed by atoms with Gasteiger partial charge in [0.25, 0.3) is 0 Å². The first-order valence-corrected chi connectivity index (χ1v) is 4.54. The lowest BCUT2D eigenvalue weighted by Gasteiger charge is -1.95. The lowest BCUT2D eigenvalue weighted by atomic mass is 10.4. The minimum atomic E-state index is 0.649. The van der Waals surface area contributed by atoms with Gasteiger partial charge in [0.15, 0.2) is 5.65 Å². The highest BCUT2D eigenvalue weighted by atomic mass is 79.9. The highest BCUT2D eigenvalue weighted by Gasteiger charge is 2.06. The van der Waals surface area contributed by atoms with Crippen LogP contribution in [0.3, 0.4) is 0 Å². The lowest BCUT2D eigenvalue weighted by Crippen LogP contribution is -1.90. The first-order chi connectivity index (χ1) is 5.70. The van der Waals surface area contributed by atoms with Crippen LogP contribution in [0.2, 0.25) is 0 Å². The number of hydrogen-bond donors (Lipinski definition) is 1. The van der Waals surface area contributed by atoms with E-state index in [2.05, 4.69) is 35.5 Å². The normalized spacial score (nSPS) is 10.8. The molecule has 12 heavy (non-hydrogen) atoms. The summed E-state index contributed by atoms with van der Waals surface area (Å²) in [5.41, 5.74) is 6.43. The summed E-state index contributed by atoms with van der Waals surface area (Å²) in [4.78, 5) is 0. The van der Waals surface area contributed by atoms with Crippen molar-refractivity contribution in [3.63, 3.8) is 0 Å². The van der Waals surface area contributed by atoms with Gasteiger partial charge in [-0.25, -0.2) is 0 Å². The van der Waals surface area contributed by atoms with Gasteiger partial charge in [-0.1, -0.05) is 0 Å². The topological polar surface area (TPSA) is 56.7 Å². The van der Waals surface area contributed by atoms with Crippen molar-refractivity contribution >= 4 is 42.2 Å². The van der Waals surface area contributed by atoms with Crippen LogP contribution in [0.15, 0.2) is 16.7 Å². The van der Waals surface area contributed by atoms with Gasteiger partial charge in [-0.2, -0.15) is 5.10 Å². The standard InChI is InChI=1S/C6H6BrN4P/c7-4-2-9-10-6-3(4)1-5(8)11(6)12/h1-2H,8,12H2. The van der Waals surface area contributed by atoms with E-state index in [0.29, 0.717) is 5.82 Å². The molecule has 0 aromatic carbocycles. The Hall–Kier alpha value is -0.670. The molecule has 6 heteroatoms. The van der Waals surface area contributed by atoms with E-state index in [1.54, 1.807) is 10.5 Å². The summed E-state index contributed by atoms with van der Waals surface area (Å²) in [5, 5.41) is 8.71. The van der Waals surface area contributed by atoms with Crippen molar-refractivity contribution in [1.82, 2.24) is 14.5 Å². The number of rotatable bonds is 0. The molecule has 2 heterocycles. The fraction of sp³-hybridized carbons (Fsp3) is 0. The molecule has 0 spiro atoms. The molecule has 0 aliphatic heterocycles. The fourth-order valence-corrected chi connectivity index (χ4v) is 1.66. The smallest absolute Gasteiger partial charge is 0.168 e. The number of fused-ring (bicyclic) bond motifs is 1. The summed E-state index contributed by atoms with van der Waals surface area (Å²) >= 11 is 3.36. The Bertz CT molecular complexity index is 438. The third-order valence-corrected chi connectivity index (χ3v) is 2.79. The summed E-state index contributed by atoms with van der Waals surface area (Å²) in [6.07, 6.45) is 1.65. The molecule has 4 nitrogen and oxygen atoms in total. The van der Waals surface area contributed by atoms with Crippen LogP contribution in [0.25, 0.3) is 11.0 Å². The molecule has 0 aliphatic rings. The predicted molar refractivity (Wildman–Crippen MR) is 54.7 cm³/mol. The zero-order valence-corrected chi connectivity index (χ0v) is 8.77. The van der Waals surface area contributed by atoms with Crippen molar-refractivity contribution in [2.75, 3.05) is 5.73 Å². The van der Waals surface area contributed by atoms with E-state index in [4.69, 9.17) is 5.73 Å². The van der Waals surface area contributed by atoms with Crippen LogP contribution in [0.1, 0.15) is 0 Å². The van der Waals surface area contributed by atoms with Gasteiger partial charge >= 0.3 is 0 Å². The molecule has 0 saturated heterocycles. The zero-order chi connectivity index (χ0) is 8.72. The van der Waals surface area contributed by atoms with E-state index in [-0.39, 0.29) is 0 Å². The first-order valence-electron chi connectivity index (χ1n) is 3.23. The van der Waals surface area contributed by atoms with E-state index in [1.807, 2.05) is 6.07 Å². The number of nitrogens with two attached hydrogens (primary N) is 1. The molecule has 2 aromatic rings. The van der Waals surface area contributed by atoms with Gasteiger partial charge in [-0.05, 0) is 31.4 Å². The monoisotopic (exact) mass is 244 g/mol. The van der Waals surface area contributed by atoms with Crippen molar-refractivity contribution in [2.24, 2.45) is 0 Å². The van der Waals surface area contributed by atoms with Gasteiger partial charge in [0.05, 0.1) is 6.20 Å². The van der Waals surface area contributed by atoms with E-state index >= 15 is 0 Å². The SMILES string of the molecule is Nc1cc2c(Br)cnnc2n1P. The van der Waals surface area contributed by atoms with E-state index in [0.717, 1.165) is 15.5 Å². The van der Waals surface area contributed by atoms with Gasteiger partial charge in [-0.3, -0.25) is 4.34 Å². The average molecular weight is 245 g/mol.